The summed E-state index contributed by atoms with van der Waals surface area (Å²) in [6, 6.07) is 14.9. The maximum atomic E-state index is 5.71. The maximum Gasteiger partial charge on any atom is 0.0400 e. The van der Waals surface area contributed by atoms with E-state index in [1.807, 2.05) is 12.1 Å². The molecule has 2 rings (SSSR count). The minimum Gasteiger partial charge on any atom is -0.381 e. The fraction of sp³-hybridized carbons (Fsp3) is 0.273. The number of hydrogen-bond donors (Lipinski definition) is 2. The van der Waals surface area contributed by atoms with E-state index in [1.54, 1.807) is 0 Å². The zero-order valence-corrected chi connectivity index (χ0v) is 15.2. The van der Waals surface area contributed by atoms with Crippen molar-refractivity contribution in [3.8, 4) is 0 Å². The van der Waals surface area contributed by atoms with E-state index in [4.69, 9.17) is 5.73 Å². The summed E-state index contributed by atoms with van der Waals surface area (Å²) >= 11 is 0. The van der Waals surface area contributed by atoms with Gasteiger partial charge in [0.25, 0.3) is 0 Å². The van der Waals surface area contributed by atoms with Gasteiger partial charge in [0.1, 0.15) is 0 Å². The van der Waals surface area contributed by atoms with Gasteiger partial charge in [0.15, 0.2) is 0 Å². The molecule has 2 nitrogen and oxygen atoms in total. The first-order chi connectivity index (χ1) is 11.4. The zero-order valence-electron chi connectivity index (χ0n) is 15.2. The molecule has 0 aliphatic heterocycles. The first-order valence-electron chi connectivity index (χ1n) is 8.38. The molecule has 0 radical (unpaired) electrons. The van der Waals surface area contributed by atoms with Crippen LogP contribution in [0.25, 0.3) is 11.3 Å². The molecule has 24 heavy (non-hydrogen) atoms. The molecule has 0 atom stereocenters. The number of rotatable bonds is 6. The van der Waals surface area contributed by atoms with Crippen LogP contribution in [0.1, 0.15) is 48.6 Å². The Morgan fingerprint density at radius 2 is 1.75 bits per heavy atom. The smallest absolute Gasteiger partial charge is 0.0400 e. The number of allylic oxidation sites excluding steroid dienone is 2. The molecule has 0 aliphatic carbocycles. The molecule has 0 saturated carbocycles. The van der Waals surface area contributed by atoms with Gasteiger partial charge in [-0.3, -0.25) is 0 Å². The van der Waals surface area contributed by atoms with Crippen LogP contribution in [0.4, 0.5) is 0 Å². The van der Waals surface area contributed by atoms with Gasteiger partial charge in [0, 0.05) is 18.8 Å². The molecule has 2 heteroatoms. The number of nitrogens with two attached hydrogens (primary N) is 1. The lowest BCUT2D eigenvalue weighted by molar-refractivity contribution is 0.886. The number of hydrogen-bond acceptors (Lipinski definition) is 2. The van der Waals surface area contributed by atoms with Crippen LogP contribution in [0.15, 0.2) is 54.6 Å². The van der Waals surface area contributed by atoms with Crippen molar-refractivity contribution in [2.45, 2.75) is 40.8 Å². The van der Waals surface area contributed by atoms with E-state index in [9.17, 15) is 0 Å². The lowest BCUT2D eigenvalue weighted by atomic mass is 9.95. The summed E-state index contributed by atoms with van der Waals surface area (Å²) in [5.41, 5.74) is 15.4. The minimum atomic E-state index is 0.568. The molecule has 126 valence electrons. The summed E-state index contributed by atoms with van der Waals surface area (Å²) in [5.74, 6) is 0. The van der Waals surface area contributed by atoms with Crippen LogP contribution in [0.3, 0.4) is 0 Å². The van der Waals surface area contributed by atoms with Crippen LogP contribution in [0.2, 0.25) is 0 Å². The average Bonchev–Trinajstić information content (AvgIpc) is 2.59. The van der Waals surface area contributed by atoms with Crippen LogP contribution in [-0.2, 0) is 13.1 Å². The topological polar surface area (TPSA) is 38.0 Å². The van der Waals surface area contributed by atoms with E-state index in [-0.39, 0.29) is 0 Å². The Kier molecular flexibility index (Phi) is 5.99. The van der Waals surface area contributed by atoms with Gasteiger partial charge >= 0.3 is 0 Å². The molecule has 3 N–H and O–H groups in total. The van der Waals surface area contributed by atoms with Gasteiger partial charge in [-0.1, -0.05) is 48.6 Å². The normalized spacial score (nSPS) is 10.4. The van der Waals surface area contributed by atoms with Crippen molar-refractivity contribution in [1.29, 1.82) is 0 Å². The fourth-order valence-electron chi connectivity index (χ4n) is 2.66. The van der Waals surface area contributed by atoms with Crippen molar-refractivity contribution in [3.63, 3.8) is 0 Å². The zero-order chi connectivity index (χ0) is 17.7. The molecule has 0 fully saturated rings. The highest BCUT2D eigenvalue weighted by Gasteiger charge is 2.06. The lowest BCUT2D eigenvalue weighted by Gasteiger charge is -2.14. The Hall–Kier alpha value is -2.32. The number of benzene rings is 2. The molecule has 0 saturated heterocycles. The predicted octanol–water partition coefficient (Wildman–Crippen LogP) is 5.03. The predicted molar refractivity (Wildman–Crippen MR) is 105 cm³/mol. The summed E-state index contributed by atoms with van der Waals surface area (Å²) in [6.07, 6.45) is 0. The molecule has 0 heterocycles. The first-order valence-corrected chi connectivity index (χ1v) is 8.38. The van der Waals surface area contributed by atoms with Crippen molar-refractivity contribution in [2.24, 2.45) is 5.73 Å². The maximum absolute atomic E-state index is 5.71. The van der Waals surface area contributed by atoms with E-state index in [2.05, 4.69) is 69.9 Å². The van der Waals surface area contributed by atoms with Crippen molar-refractivity contribution < 1.29 is 0 Å². The van der Waals surface area contributed by atoms with E-state index in [0.717, 1.165) is 23.4 Å². The third kappa shape index (κ3) is 4.36. The molecule has 0 bridgehead atoms. The molecular weight excluding hydrogens is 292 g/mol. The van der Waals surface area contributed by atoms with Gasteiger partial charge in [-0.25, -0.2) is 0 Å². The molecule has 2 aromatic rings. The third-order valence-corrected chi connectivity index (χ3v) is 4.47. The van der Waals surface area contributed by atoms with E-state index < -0.39 is 0 Å². The van der Waals surface area contributed by atoms with Crippen molar-refractivity contribution in [1.82, 2.24) is 5.32 Å². The van der Waals surface area contributed by atoms with Gasteiger partial charge < -0.3 is 11.1 Å². The summed E-state index contributed by atoms with van der Waals surface area (Å²) in [5, 5.41) is 3.43. The highest BCUT2D eigenvalue weighted by Crippen LogP contribution is 2.25. The Balaban J connectivity index is 2.15. The second-order valence-corrected chi connectivity index (χ2v) is 6.51. The van der Waals surface area contributed by atoms with Crippen molar-refractivity contribution >= 4 is 11.3 Å². The summed E-state index contributed by atoms with van der Waals surface area (Å²) in [6.45, 7) is 14.2. The van der Waals surface area contributed by atoms with E-state index in [1.165, 1.54) is 27.8 Å². The lowest BCUT2D eigenvalue weighted by Crippen LogP contribution is -2.11. The highest BCUT2D eigenvalue weighted by atomic mass is 14.9. The van der Waals surface area contributed by atoms with Gasteiger partial charge in [0.05, 0.1) is 0 Å². The van der Waals surface area contributed by atoms with Crippen LogP contribution in [0, 0.1) is 6.92 Å². The molecule has 0 unspecified atom stereocenters. The number of nitrogens with one attached hydrogen (secondary N) is 1. The Labute approximate surface area is 146 Å². The third-order valence-electron chi connectivity index (χ3n) is 4.47. The second-order valence-electron chi connectivity index (χ2n) is 6.51. The SMILES string of the molecule is C=C(NCc1cccc(CN)c1)c1ccc(C)c(C(C)=C(C)C)c1. The first kappa shape index (κ1) is 18.0. The molecule has 0 aliphatic rings. The van der Waals surface area contributed by atoms with Gasteiger partial charge in [-0.2, -0.15) is 0 Å². The summed E-state index contributed by atoms with van der Waals surface area (Å²) in [4.78, 5) is 0. The molecule has 0 spiro atoms. The van der Waals surface area contributed by atoms with E-state index in [0.29, 0.717) is 6.54 Å². The Morgan fingerprint density at radius 1 is 1.04 bits per heavy atom. The molecular formula is C22H28N2. The minimum absolute atomic E-state index is 0.568. The average molecular weight is 320 g/mol. The van der Waals surface area contributed by atoms with Crippen LogP contribution < -0.4 is 11.1 Å². The molecule has 0 aromatic heterocycles. The van der Waals surface area contributed by atoms with Crippen LogP contribution >= 0.6 is 0 Å². The Bertz CT molecular complexity index is 765. The largest absolute Gasteiger partial charge is 0.381 e. The summed E-state index contributed by atoms with van der Waals surface area (Å²) < 4.78 is 0. The number of aryl methyl sites for hydroxylation is 1. The van der Waals surface area contributed by atoms with Crippen LogP contribution in [-0.4, -0.2) is 0 Å². The van der Waals surface area contributed by atoms with Gasteiger partial charge in [-0.05, 0) is 67.2 Å². The highest BCUT2D eigenvalue weighted by molar-refractivity contribution is 5.73. The fourth-order valence-corrected chi connectivity index (χ4v) is 2.66. The Morgan fingerprint density at radius 3 is 2.42 bits per heavy atom. The quantitative estimate of drug-likeness (QED) is 0.783. The summed E-state index contributed by atoms with van der Waals surface area (Å²) in [7, 11) is 0. The van der Waals surface area contributed by atoms with Gasteiger partial charge in [-0.15, -0.1) is 0 Å². The molecule has 2 aromatic carbocycles. The van der Waals surface area contributed by atoms with Gasteiger partial charge in [0.2, 0.25) is 0 Å². The van der Waals surface area contributed by atoms with Crippen molar-refractivity contribution in [3.05, 3.63) is 82.4 Å². The van der Waals surface area contributed by atoms with Crippen molar-refractivity contribution in [2.75, 3.05) is 0 Å². The van der Waals surface area contributed by atoms with E-state index >= 15 is 0 Å². The second kappa shape index (κ2) is 7.98. The molecule has 0 amide bonds. The monoisotopic (exact) mass is 320 g/mol. The standard InChI is InChI=1S/C22H28N2/c1-15(2)17(4)22-12-21(10-9-16(22)3)18(5)24-14-20-8-6-7-19(11-20)13-23/h6-12,24H,5,13-14,23H2,1-4H3. The van der Waals surface area contributed by atoms with Crippen LogP contribution in [0.5, 0.6) is 0 Å².